The fourth-order valence-electron chi connectivity index (χ4n) is 3.67. The summed E-state index contributed by atoms with van der Waals surface area (Å²) in [6, 6.07) is 9.75. The van der Waals surface area contributed by atoms with Crippen LogP contribution in [0.15, 0.2) is 73.6 Å². The first-order valence-corrected chi connectivity index (χ1v) is 13.1. The van der Waals surface area contributed by atoms with Gasteiger partial charge in [-0.3, -0.25) is 34.3 Å². The molecular formula is C33H53N5O6. The Morgan fingerprint density at radius 2 is 0.955 bits per heavy atom. The van der Waals surface area contributed by atoms with Gasteiger partial charge in [-0.25, -0.2) is 4.79 Å². The van der Waals surface area contributed by atoms with Gasteiger partial charge in [0.25, 0.3) is 0 Å². The third kappa shape index (κ3) is 15.3. The summed E-state index contributed by atoms with van der Waals surface area (Å²) in [6.45, 7) is 6.25. The number of carbonyl (C=O) groups excluding carboxylic acids is 2. The van der Waals surface area contributed by atoms with Gasteiger partial charge in [-0.15, -0.1) is 0 Å². The summed E-state index contributed by atoms with van der Waals surface area (Å²) >= 11 is 0. The van der Waals surface area contributed by atoms with Crippen LogP contribution >= 0.6 is 0 Å². The second-order valence-corrected chi connectivity index (χ2v) is 9.14. The first-order chi connectivity index (χ1) is 19.5. The SMILES string of the molecule is C.C.C.CCOC(=O)C(C)c1ccncc1.CCOC(=O)C(c1ccncc1)N(C)C.CN(C)C(C(=O)O)c1ccncc1. The minimum atomic E-state index is -0.851. The number of aromatic nitrogens is 3. The first-order valence-electron chi connectivity index (χ1n) is 13.1. The minimum Gasteiger partial charge on any atom is -0.480 e. The summed E-state index contributed by atoms with van der Waals surface area (Å²) in [7, 11) is 7.17. The van der Waals surface area contributed by atoms with Gasteiger partial charge in [0.2, 0.25) is 0 Å². The van der Waals surface area contributed by atoms with Crippen molar-refractivity contribution in [1.82, 2.24) is 24.8 Å². The number of ether oxygens (including phenoxy) is 2. The van der Waals surface area contributed by atoms with E-state index in [0.29, 0.717) is 13.2 Å². The summed E-state index contributed by atoms with van der Waals surface area (Å²) in [6.07, 6.45) is 9.87. The largest absolute Gasteiger partial charge is 0.480 e. The third-order valence-electron chi connectivity index (χ3n) is 5.67. The molecule has 3 heterocycles. The van der Waals surface area contributed by atoms with Gasteiger partial charge in [0.05, 0.1) is 19.1 Å². The maximum absolute atomic E-state index is 11.7. The van der Waals surface area contributed by atoms with Gasteiger partial charge < -0.3 is 14.6 Å². The summed E-state index contributed by atoms with van der Waals surface area (Å²) < 4.78 is 9.92. The van der Waals surface area contributed by atoms with Crippen LogP contribution in [0.2, 0.25) is 0 Å². The zero-order valence-corrected chi connectivity index (χ0v) is 24.8. The quantitative estimate of drug-likeness (QED) is 0.283. The Balaban J connectivity index is -0.000000556. The standard InChI is InChI=1S/C11H16N2O2.C10H13NO2.C9H12N2O2.3CH4/c1-4-15-11(14)10(13(2)3)9-5-7-12-8-6-9;1-3-13-10(12)8(2)9-4-6-11-7-5-9;1-11(2)8(9(12)13)7-3-5-10-6-4-7;;;/h5-8,10H,4H2,1-3H3;4-8H,3H2,1-2H3;3-6,8H,1-2H3,(H,12,13);3*1H4. The molecule has 0 aliphatic carbocycles. The molecule has 0 spiro atoms. The average molecular weight is 616 g/mol. The van der Waals surface area contributed by atoms with E-state index in [-0.39, 0.29) is 46.2 Å². The summed E-state index contributed by atoms with van der Waals surface area (Å²) in [5, 5.41) is 8.94. The molecule has 11 heteroatoms. The second kappa shape index (κ2) is 24.2. The number of aliphatic carboxylic acids is 1. The van der Waals surface area contributed by atoms with Crippen LogP contribution in [0.3, 0.4) is 0 Å². The van der Waals surface area contributed by atoms with Crippen molar-refractivity contribution in [2.24, 2.45) is 0 Å². The van der Waals surface area contributed by atoms with Crippen LogP contribution in [-0.2, 0) is 23.9 Å². The molecule has 0 aliphatic rings. The van der Waals surface area contributed by atoms with E-state index in [2.05, 4.69) is 15.0 Å². The van der Waals surface area contributed by atoms with Gasteiger partial charge in [0.15, 0.2) is 0 Å². The van der Waals surface area contributed by atoms with E-state index < -0.39 is 12.0 Å². The molecular weight excluding hydrogens is 562 g/mol. The Labute approximate surface area is 264 Å². The van der Waals surface area contributed by atoms with E-state index in [1.54, 1.807) is 82.2 Å². The van der Waals surface area contributed by atoms with Gasteiger partial charge in [-0.1, -0.05) is 22.3 Å². The molecule has 3 atom stereocenters. The van der Waals surface area contributed by atoms with Gasteiger partial charge in [0.1, 0.15) is 12.1 Å². The summed E-state index contributed by atoms with van der Waals surface area (Å²) in [4.78, 5) is 49.0. The number of carboxylic acid groups (broad SMARTS) is 1. The molecule has 0 saturated carbocycles. The lowest BCUT2D eigenvalue weighted by Crippen LogP contribution is -2.29. The van der Waals surface area contributed by atoms with Crippen molar-refractivity contribution in [3.05, 3.63) is 90.3 Å². The van der Waals surface area contributed by atoms with Crippen molar-refractivity contribution >= 4 is 17.9 Å². The minimum absolute atomic E-state index is 0. The lowest BCUT2D eigenvalue weighted by molar-refractivity contribution is -0.149. The van der Waals surface area contributed by atoms with Crippen molar-refractivity contribution in [3.8, 4) is 0 Å². The summed E-state index contributed by atoms with van der Waals surface area (Å²) in [5.74, 6) is -1.47. The first kappa shape index (κ1) is 44.2. The highest BCUT2D eigenvalue weighted by molar-refractivity contribution is 5.78. The van der Waals surface area contributed by atoms with Crippen LogP contribution in [0.4, 0.5) is 0 Å². The van der Waals surface area contributed by atoms with Crippen molar-refractivity contribution in [2.45, 2.75) is 61.1 Å². The topological polar surface area (TPSA) is 135 Å². The maximum Gasteiger partial charge on any atom is 0.327 e. The smallest absolute Gasteiger partial charge is 0.327 e. The molecule has 3 unspecified atom stereocenters. The molecule has 0 radical (unpaired) electrons. The van der Waals surface area contributed by atoms with Crippen LogP contribution in [0.25, 0.3) is 0 Å². The Hall–Kier alpha value is -4.22. The molecule has 3 rings (SSSR count). The lowest BCUT2D eigenvalue weighted by Gasteiger charge is -2.22. The van der Waals surface area contributed by atoms with Crippen molar-refractivity contribution < 1.29 is 29.0 Å². The molecule has 0 fully saturated rings. The van der Waals surface area contributed by atoms with Crippen molar-refractivity contribution in [3.63, 3.8) is 0 Å². The van der Waals surface area contributed by atoms with Crippen LogP contribution in [0.5, 0.6) is 0 Å². The van der Waals surface area contributed by atoms with Crippen molar-refractivity contribution in [2.75, 3.05) is 41.4 Å². The molecule has 44 heavy (non-hydrogen) atoms. The number of carbonyl (C=O) groups is 3. The highest BCUT2D eigenvalue weighted by Crippen LogP contribution is 2.19. The van der Waals surface area contributed by atoms with E-state index in [0.717, 1.165) is 16.7 Å². The van der Waals surface area contributed by atoms with Crippen molar-refractivity contribution in [1.29, 1.82) is 0 Å². The molecule has 11 nitrogen and oxygen atoms in total. The van der Waals surface area contributed by atoms with Crippen LogP contribution in [-0.4, -0.2) is 89.2 Å². The Morgan fingerprint density at radius 3 is 1.27 bits per heavy atom. The Morgan fingerprint density at radius 1 is 0.636 bits per heavy atom. The fraction of sp³-hybridized carbons (Fsp3) is 0.455. The maximum atomic E-state index is 11.7. The molecule has 246 valence electrons. The zero-order chi connectivity index (χ0) is 30.8. The second-order valence-electron chi connectivity index (χ2n) is 9.14. The normalized spacial score (nSPS) is 11.7. The van der Waals surface area contributed by atoms with E-state index >= 15 is 0 Å². The molecule has 0 aliphatic heterocycles. The van der Waals surface area contributed by atoms with E-state index in [4.69, 9.17) is 14.6 Å². The third-order valence-corrected chi connectivity index (χ3v) is 5.67. The van der Waals surface area contributed by atoms with Crippen LogP contribution in [0, 0.1) is 0 Å². The lowest BCUT2D eigenvalue weighted by atomic mass is 10.0. The zero-order valence-electron chi connectivity index (χ0n) is 24.8. The Bertz CT molecular complexity index is 1170. The number of esters is 2. The van der Waals surface area contributed by atoms with Gasteiger partial charge in [-0.2, -0.15) is 0 Å². The van der Waals surface area contributed by atoms with Crippen LogP contribution in [0.1, 0.15) is 77.7 Å². The molecule has 0 aromatic carbocycles. The molecule has 3 aromatic heterocycles. The molecule has 3 aromatic rings. The van der Waals surface area contributed by atoms with Gasteiger partial charge in [-0.05, 0) is 102 Å². The highest BCUT2D eigenvalue weighted by atomic mass is 16.5. The molecule has 0 amide bonds. The average Bonchev–Trinajstić information content (AvgIpc) is 2.95. The number of hydrogen-bond donors (Lipinski definition) is 1. The number of pyridine rings is 3. The van der Waals surface area contributed by atoms with E-state index in [1.165, 1.54) is 0 Å². The number of hydrogen-bond acceptors (Lipinski definition) is 10. The molecule has 0 saturated heterocycles. The number of nitrogens with zero attached hydrogens (tertiary/aromatic N) is 5. The van der Waals surface area contributed by atoms with Crippen LogP contribution < -0.4 is 0 Å². The number of likely N-dealkylation sites (N-methyl/N-ethyl adjacent to an activating group) is 2. The Kier molecular flexibility index (Phi) is 24.4. The predicted octanol–water partition coefficient (Wildman–Crippen LogP) is 5.67. The molecule has 1 N–H and O–H groups in total. The van der Waals surface area contributed by atoms with E-state index in [9.17, 15) is 14.4 Å². The van der Waals surface area contributed by atoms with E-state index in [1.807, 2.05) is 50.2 Å². The number of rotatable bonds is 10. The summed E-state index contributed by atoms with van der Waals surface area (Å²) in [5.41, 5.74) is 2.58. The monoisotopic (exact) mass is 615 g/mol. The fourth-order valence-corrected chi connectivity index (χ4v) is 3.67. The predicted molar refractivity (Wildman–Crippen MR) is 175 cm³/mol. The van der Waals surface area contributed by atoms with Gasteiger partial charge >= 0.3 is 17.9 Å². The highest BCUT2D eigenvalue weighted by Gasteiger charge is 2.24. The van der Waals surface area contributed by atoms with Gasteiger partial charge in [0, 0.05) is 37.2 Å². The number of carboxylic acids is 1. The molecule has 0 bridgehead atoms.